The highest BCUT2D eigenvalue weighted by molar-refractivity contribution is 6.36. The Morgan fingerprint density at radius 1 is 1.33 bits per heavy atom. The number of aliphatic hydroxyl groups excluding tert-OH is 1. The van der Waals surface area contributed by atoms with Gasteiger partial charge in [0.05, 0.1) is 12.2 Å². The first-order valence-electron chi connectivity index (χ1n) is 7.50. The zero-order chi connectivity index (χ0) is 15.4. The summed E-state index contributed by atoms with van der Waals surface area (Å²) in [5.41, 5.74) is 6.61. The minimum atomic E-state index is -0.528. The fourth-order valence-electron chi connectivity index (χ4n) is 3.08. The van der Waals surface area contributed by atoms with Crippen LogP contribution in [-0.4, -0.2) is 30.5 Å². The molecule has 1 aliphatic carbocycles. The summed E-state index contributed by atoms with van der Waals surface area (Å²) in [6, 6.07) is 5.37. The summed E-state index contributed by atoms with van der Waals surface area (Å²) in [7, 11) is 0. The van der Waals surface area contributed by atoms with Gasteiger partial charge in [0.25, 0.3) is 0 Å². The van der Waals surface area contributed by atoms with Gasteiger partial charge in [0.15, 0.2) is 0 Å². The third kappa shape index (κ3) is 4.11. The lowest BCUT2D eigenvalue weighted by atomic mass is 9.76. The van der Waals surface area contributed by atoms with Gasteiger partial charge in [-0.2, -0.15) is 0 Å². The van der Waals surface area contributed by atoms with E-state index in [0.29, 0.717) is 35.0 Å². The second-order valence-corrected chi connectivity index (χ2v) is 6.51. The average Bonchev–Trinajstić information content (AvgIpc) is 2.40. The van der Waals surface area contributed by atoms with Crippen molar-refractivity contribution in [2.75, 3.05) is 13.2 Å². The molecule has 3 nitrogen and oxygen atoms in total. The lowest BCUT2D eigenvalue weighted by molar-refractivity contribution is -0.0398. The predicted molar refractivity (Wildman–Crippen MR) is 87.0 cm³/mol. The van der Waals surface area contributed by atoms with Crippen LogP contribution in [0.1, 0.15) is 37.7 Å². The molecule has 2 unspecified atom stereocenters. The maximum Gasteiger partial charge on any atom is 0.0624 e. The summed E-state index contributed by atoms with van der Waals surface area (Å²) in [5.74, 6) is 0.268. The van der Waals surface area contributed by atoms with Crippen LogP contribution in [0.4, 0.5) is 0 Å². The molecule has 1 saturated carbocycles. The molecule has 21 heavy (non-hydrogen) atoms. The molecule has 0 aliphatic heterocycles. The van der Waals surface area contributed by atoms with E-state index in [1.54, 1.807) is 18.2 Å². The zero-order valence-electron chi connectivity index (χ0n) is 12.3. The van der Waals surface area contributed by atoms with E-state index in [0.717, 1.165) is 25.0 Å². The van der Waals surface area contributed by atoms with Crippen molar-refractivity contribution in [2.45, 2.75) is 44.3 Å². The molecule has 1 aliphatic rings. The molecule has 0 amide bonds. The van der Waals surface area contributed by atoms with Gasteiger partial charge in [-0.05, 0) is 49.8 Å². The Labute approximate surface area is 136 Å². The third-order valence-electron chi connectivity index (χ3n) is 4.26. The molecule has 118 valence electrons. The molecule has 1 fully saturated rings. The van der Waals surface area contributed by atoms with Crippen molar-refractivity contribution in [3.8, 4) is 0 Å². The molecule has 0 bridgehead atoms. The molecule has 0 saturated heterocycles. The van der Waals surface area contributed by atoms with Gasteiger partial charge in [-0.3, -0.25) is 0 Å². The van der Waals surface area contributed by atoms with E-state index in [9.17, 15) is 5.11 Å². The first-order chi connectivity index (χ1) is 10.1. The van der Waals surface area contributed by atoms with E-state index in [1.165, 1.54) is 0 Å². The summed E-state index contributed by atoms with van der Waals surface area (Å²) < 4.78 is 5.55. The largest absolute Gasteiger partial charge is 0.392 e. The number of halogens is 2. The van der Waals surface area contributed by atoms with Crippen LogP contribution in [0, 0.1) is 5.92 Å². The highest BCUT2D eigenvalue weighted by atomic mass is 35.5. The molecule has 1 aromatic carbocycles. The minimum absolute atomic E-state index is 0.225. The Hall–Kier alpha value is -0.320. The summed E-state index contributed by atoms with van der Waals surface area (Å²) >= 11 is 12.4. The molecular weight excluding hydrogens is 309 g/mol. The predicted octanol–water partition coefficient (Wildman–Crippen LogP) is 3.60. The maximum absolute atomic E-state index is 10.5. The molecule has 5 heteroatoms. The van der Waals surface area contributed by atoms with Gasteiger partial charge in [-0.25, -0.2) is 0 Å². The molecule has 2 atom stereocenters. The summed E-state index contributed by atoms with van der Waals surface area (Å²) in [6.07, 6.45) is 2.57. The number of ether oxygens (including phenoxy) is 1. The van der Waals surface area contributed by atoms with Gasteiger partial charge in [0.2, 0.25) is 0 Å². The first-order valence-corrected chi connectivity index (χ1v) is 8.26. The Morgan fingerprint density at radius 3 is 2.48 bits per heavy atom. The standard InChI is InChI=1S/C16H23Cl2NO2/c1-2-21-11-6-10(7-11)8-15(20)12(9-19)16-13(17)4-3-5-14(16)18/h3-5,10-12,15,20H,2,6-9,19H2,1H3. The molecular formula is C16H23Cl2NO2. The Morgan fingerprint density at radius 2 is 1.95 bits per heavy atom. The summed E-state index contributed by atoms with van der Waals surface area (Å²) in [4.78, 5) is 0. The number of rotatable bonds is 7. The van der Waals surface area contributed by atoms with Crippen molar-refractivity contribution in [2.24, 2.45) is 11.7 Å². The van der Waals surface area contributed by atoms with E-state index in [4.69, 9.17) is 33.7 Å². The average molecular weight is 332 g/mol. The number of hydrogen-bond acceptors (Lipinski definition) is 3. The smallest absolute Gasteiger partial charge is 0.0624 e. The van der Waals surface area contributed by atoms with Crippen LogP contribution >= 0.6 is 23.2 Å². The van der Waals surface area contributed by atoms with Crippen LogP contribution in [0.15, 0.2) is 18.2 Å². The molecule has 0 aromatic heterocycles. The monoisotopic (exact) mass is 331 g/mol. The highest BCUT2D eigenvalue weighted by Gasteiger charge is 2.34. The second-order valence-electron chi connectivity index (χ2n) is 5.70. The van der Waals surface area contributed by atoms with Crippen LogP contribution in [0.3, 0.4) is 0 Å². The highest BCUT2D eigenvalue weighted by Crippen LogP contribution is 2.39. The van der Waals surface area contributed by atoms with Crippen molar-refractivity contribution in [1.29, 1.82) is 0 Å². The third-order valence-corrected chi connectivity index (χ3v) is 4.92. The van der Waals surface area contributed by atoms with Crippen molar-refractivity contribution < 1.29 is 9.84 Å². The van der Waals surface area contributed by atoms with Gasteiger partial charge >= 0.3 is 0 Å². The minimum Gasteiger partial charge on any atom is -0.392 e. The zero-order valence-corrected chi connectivity index (χ0v) is 13.8. The fourth-order valence-corrected chi connectivity index (χ4v) is 3.75. The van der Waals surface area contributed by atoms with E-state index < -0.39 is 6.10 Å². The van der Waals surface area contributed by atoms with Gasteiger partial charge in [-0.1, -0.05) is 29.3 Å². The lowest BCUT2D eigenvalue weighted by Crippen LogP contribution is -2.36. The van der Waals surface area contributed by atoms with Crippen molar-refractivity contribution in [1.82, 2.24) is 0 Å². The van der Waals surface area contributed by atoms with Gasteiger partial charge in [-0.15, -0.1) is 0 Å². The molecule has 0 spiro atoms. The van der Waals surface area contributed by atoms with Crippen LogP contribution in [0.25, 0.3) is 0 Å². The number of aliphatic hydroxyl groups is 1. The molecule has 1 aromatic rings. The van der Waals surface area contributed by atoms with E-state index in [2.05, 4.69) is 0 Å². The normalized spacial score (nSPS) is 24.4. The number of nitrogens with two attached hydrogens (primary N) is 1. The first kappa shape index (κ1) is 17.0. The van der Waals surface area contributed by atoms with Gasteiger partial charge in [0.1, 0.15) is 0 Å². The summed E-state index contributed by atoms with van der Waals surface area (Å²) in [5, 5.41) is 11.7. The van der Waals surface area contributed by atoms with Gasteiger partial charge < -0.3 is 15.6 Å². The van der Waals surface area contributed by atoms with Crippen LogP contribution in [0.2, 0.25) is 10.0 Å². The van der Waals surface area contributed by atoms with Gasteiger partial charge in [0, 0.05) is 29.1 Å². The van der Waals surface area contributed by atoms with Crippen LogP contribution in [0.5, 0.6) is 0 Å². The van der Waals surface area contributed by atoms with Crippen molar-refractivity contribution >= 4 is 23.2 Å². The Balaban J connectivity index is 1.98. The molecule has 2 rings (SSSR count). The van der Waals surface area contributed by atoms with E-state index in [1.807, 2.05) is 6.92 Å². The number of hydrogen-bond donors (Lipinski definition) is 2. The SMILES string of the molecule is CCOC1CC(CC(O)C(CN)c2c(Cl)cccc2Cl)C1. The molecule has 0 heterocycles. The van der Waals surface area contributed by atoms with Crippen LogP contribution in [-0.2, 0) is 4.74 Å². The molecule has 0 radical (unpaired) electrons. The van der Waals surface area contributed by atoms with Crippen molar-refractivity contribution in [3.05, 3.63) is 33.8 Å². The fraction of sp³-hybridized carbons (Fsp3) is 0.625. The van der Waals surface area contributed by atoms with E-state index in [-0.39, 0.29) is 5.92 Å². The Kier molecular flexibility index (Phi) is 6.33. The van der Waals surface area contributed by atoms with Crippen LogP contribution < -0.4 is 5.73 Å². The second kappa shape index (κ2) is 7.80. The lowest BCUT2D eigenvalue weighted by Gasteiger charge is -2.37. The number of benzene rings is 1. The van der Waals surface area contributed by atoms with Crippen molar-refractivity contribution in [3.63, 3.8) is 0 Å². The topological polar surface area (TPSA) is 55.5 Å². The molecule has 3 N–H and O–H groups in total. The maximum atomic E-state index is 10.5. The van der Waals surface area contributed by atoms with E-state index >= 15 is 0 Å². The quantitative estimate of drug-likeness (QED) is 0.802. The Bertz CT molecular complexity index is 443. The summed E-state index contributed by atoms with van der Waals surface area (Å²) in [6.45, 7) is 3.08.